The lowest BCUT2D eigenvalue weighted by molar-refractivity contribution is -0.116. The predicted octanol–water partition coefficient (Wildman–Crippen LogP) is 1.96. The van der Waals surface area contributed by atoms with E-state index in [1.54, 1.807) is 6.08 Å². The van der Waals surface area contributed by atoms with Crippen LogP contribution in [0.15, 0.2) is 24.3 Å². The number of rotatable bonds is 4. The zero-order valence-corrected chi connectivity index (χ0v) is 10.7. The molecule has 1 heterocycles. The third kappa shape index (κ3) is 3.29. The molecule has 4 nitrogen and oxygen atoms in total. The second kappa shape index (κ2) is 5.96. The van der Waals surface area contributed by atoms with Gasteiger partial charge in [0, 0.05) is 6.08 Å². The zero-order chi connectivity index (χ0) is 13.7. The number of hydrogen-bond donors (Lipinski definition) is 1. The minimum Gasteiger partial charge on any atom is -0.454 e. The van der Waals surface area contributed by atoms with Crippen LogP contribution in [0.1, 0.15) is 18.9 Å². The summed E-state index contributed by atoms with van der Waals surface area (Å²) in [5, 5.41) is 2.72. The van der Waals surface area contributed by atoms with E-state index >= 15 is 0 Å². The summed E-state index contributed by atoms with van der Waals surface area (Å²) < 4.78 is 10.5. The van der Waals surface area contributed by atoms with E-state index in [2.05, 4.69) is 11.2 Å². The fourth-order valence-electron chi connectivity index (χ4n) is 1.67. The van der Waals surface area contributed by atoms with Crippen LogP contribution in [0.3, 0.4) is 0 Å². The number of benzene rings is 1. The normalized spacial score (nSPS) is 14.1. The molecule has 0 aromatic heterocycles. The Bertz CT molecular complexity index is 543. The molecule has 2 rings (SSSR count). The Morgan fingerprint density at radius 2 is 2.32 bits per heavy atom. The van der Waals surface area contributed by atoms with Crippen LogP contribution >= 0.6 is 0 Å². The minimum atomic E-state index is -0.228. The number of fused-ring (bicyclic) bond motifs is 1. The van der Waals surface area contributed by atoms with Gasteiger partial charge < -0.3 is 14.8 Å². The summed E-state index contributed by atoms with van der Waals surface area (Å²) in [5.41, 5.74) is 0.869. The van der Waals surface area contributed by atoms with Crippen molar-refractivity contribution in [1.82, 2.24) is 5.32 Å². The summed E-state index contributed by atoms with van der Waals surface area (Å²) in [7, 11) is 0. The summed E-state index contributed by atoms with van der Waals surface area (Å²) in [6.45, 7) is 2.16. The molecule has 1 atom stereocenters. The van der Waals surface area contributed by atoms with E-state index < -0.39 is 0 Å². The van der Waals surface area contributed by atoms with Gasteiger partial charge in [0.15, 0.2) is 11.5 Å². The van der Waals surface area contributed by atoms with Gasteiger partial charge in [-0.05, 0) is 30.2 Å². The van der Waals surface area contributed by atoms with Crippen molar-refractivity contribution >= 4 is 12.0 Å². The van der Waals surface area contributed by atoms with Crippen LogP contribution in [0.2, 0.25) is 0 Å². The van der Waals surface area contributed by atoms with Gasteiger partial charge in [0.2, 0.25) is 12.7 Å². The number of carbonyl (C=O) groups excluding carboxylic acids is 1. The van der Waals surface area contributed by atoms with Gasteiger partial charge in [-0.2, -0.15) is 0 Å². The highest BCUT2D eigenvalue weighted by molar-refractivity contribution is 5.92. The van der Waals surface area contributed by atoms with Gasteiger partial charge in [0.05, 0.1) is 6.04 Å². The van der Waals surface area contributed by atoms with E-state index in [4.69, 9.17) is 15.9 Å². The maximum atomic E-state index is 11.6. The van der Waals surface area contributed by atoms with Crippen molar-refractivity contribution in [3.8, 4) is 23.8 Å². The lowest BCUT2D eigenvalue weighted by Gasteiger charge is -2.07. The van der Waals surface area contributed by atoms with Crippen LogP contribution in [-0.4, -0.2) is 18.7 Å². The molecule has 1 unspecified atom stereocenters. The monoisotopic (exact) mass is 257 g/mol. The molecule has 0 saturated heterocycles. The van der Waals surface area contributed by atoms with Crippen LogP contribution < -0.4 is 14.8 Å². The lowest BCUT2D eigenvalue weighted by atomic mass is 10.2. The van der Waals surface area contributed by atoms with E-state index in [1.807, 2.05) is 25.1 Å². The molecule has 0 saturated carbocycles. The van der Waals surface area contributed by atoms with Gasteiger partial charge in [0.1, 0.15) is 0 Å². The van der Waals surface area contributed by atoms with E-state index in [0.717, 1.165) is 11.3 Å². The van der Waals surface area contributed by atoms with Gasteiger partial charge in [-0.1, -0.05) is 18.9 Å². The quantitative estimate of drug-likeness (QED) is 0.662. The van der Waals surface area contributed by atoms with Crippen LogP contribution in [-0.2, 0) is 4.79 Å². The van der Waals surface area contributed by atoms with Crippen molar-refractivity contribution in [1.29, 1.82) is 0 Å². The highest BCUT2D eigenvalue weighted by atomic mass is 16.7. The summed E-state index contributed by atoms with van der Waals surface area (Å²) >= 11 is 0. The second-order valence-electron chi connectivity index (χ2n) is 4.08. The maximum absolute atomic E-state index is 11.6. The lowest BCUT2D eigenvalue weighted by Crippen LogP contribution is -2.31. The summed E-state index contributed by atoms with van der Waals surface area (Å²) in [6.07, 6.45) is 9.15. The Kier molecular flexibility index (Phi) is 4.09. The van der Waals surface area contributed by atoms with Gasteiger partial charge in [-0.15, -0.1) is 6.42 Å². The van der Waals surface area contributed by atoms with E-state index in [0.29, 0.717) is 12.2 Å². The Labute approximate surface area is 112 Å². The molecule has 98 valence electrons. The molecular formula is C15H15NO3. The number of hydrogen-bond acceptors (Lipinski definition) is 3. The fourth-order valence-corrected chi connectivity index (χ4v) is 1.67. The second-order valence-corrected chi connectivity index (χ2v) is 4.08. The first-order valence-electron chi connectivity index (χ1n) is 6.07. The Hall–Kier alpha value is -2.41. The molecule has 0 fully saturated rings. The first kappa shape index (κ1) is 13.0. The molecule has 0 spiro atoms. The van der Waals surface area contributed by atoms with Crippen LogP contribution in [0.5, 0.6) is 11.5 Å². The maximum Gasteiger partial charge on any atom is 0.244 e. The molecule has 0 aliphatic carbocycles. The van der Waals surface area contributed by atoms with Crippen molar-refractivity contribution in [3.63, 3.8) is 0 Å². The average molecular weight is 257 g/mol. The van der Waals surface area contributed by atoms with Crippen molar-refractivity contribution < 1.29 is 14.3 Å². The third-order valence-electron chi connectivity index (χ3n) is 2.75. The third-order valence-corrected chi connectivity index (χ3v) is 2.75. The molecule has 4 heteroatoms. The van der Waals surface area contributed by atoms with E-state index in [-0.39, 0.29) is 18.7 Å². The largest absolute Gasteiger partial charge is 0.454 e. The molecule has 1 N–H and O–H groups in total. The molecule has 1 aliphatic heterocycles. The molecule has 19 heavy (non-hydrogen) atoms. The van der Waals surface area contributed by atoms with Crippen molar-refractivity contribution in [2.45, 2.75) is 19.4 Å². The van der Waals surface area contributed by atoms with Gasteiger partial charge >= 0.3 is 0 Å². The average Bonchev–Trinajstić information content (AvgIpc) is 2.89. The molecule has 1 aromatic carbocycles. The Balaban J connectivity index is 1.99. The summed E-state index contributed by atoms with van der Waals surface area (Å²) in [4.78, 5) is 11.6. The fraction of sp³-hybridized carbons (Fsp3) is 0.267. The molecule has 1 amide bonds. The van der Waals surface area contributed by atoms with Crippen LogP contribution in [0.4, 0.5) is 0 Å². The Morgan fingerprint density at radius 3 is 3.05 bits per heavy atom. The Morgan fingerprint density at radius 1 is 1.53 bits per heavy atom. The number of nitrogens with one attached hydrogen (secondary N) is 1. The van der Waals surface area contributed by atoms with Crippen LogP contribution in [0.25, 0.3) is 6.08 Å². The molecule has 1 aromatic rings. The number of ether oxygens (including phenoxy) is 2. The predicted molar refractivity (Wildman–Crippen MR) is 72.7 cm³/mol. The highest BCUT2D eigenvalue weighted by Gasteiger charge is 2.12. The highest BCUT2D eigenvalue weighted by Crippen LogP contribution is 2.32. The summed E-state index contributed by atoms with van der Waals surface area (Å²) in [5.74, 6) is 3.72. The minimum absolute atomic E-state index is 0.206. The topological polar surface area (TPSA) is 47.6 Å². The van der Waals surface area contributed by atoms with E-state index in [1.165, 1.54) is 6.08 Å². The summed E-state index contributed by atoms with van der Waals surface area (Å²) in [6, 6.07) is 5.27. The molecule has 0 bridgehead atoms. The van der Waals surface area contributed by atoms with Crippen molar-refractivity contribution in [2.24, 2.45) is 0 Å². The molecule has 0 radical (unpaired) electrons. The first-order chi connectivity index (χ1) is 9.22. The first-order valence-corrected chi connectivity index (χ1v) is 6.07. The van der Waals surface area contributed by atoms with Gasteiger partial charge in [0.25, 0.3) is 0 Å². The number of terminal acetylenes is 1. The molecule has 1 aliphatic rings. The molecular weight excluding hydrogens is 242 g/mol. The zero-order valence-electron chi connectivity index (χ0n) is 10.7. The van der Waals surface area contributed by atoms with E-state index in [9.17, 15) is 4.79 Å². The standard InChI is InChI=1S/C15H15NO3/c1-3-12(4-2)16-15(17)8-6-11-5-7-13-14(9-11)19-10-18-13/h1,5-9,12H,4,10H2,2H3,(H,16,17)/b8-6+. The van der Waals surface area contributed by atoms with Gasteiger partial charge in [-0.25, -0.2) is 0 Å². The van der Waals surface area contributed by atoms with Crippen molar-refractivity contribution in [2.75, 3.05) is 6.79 Å². The van der Waals surface area contributed by atoms with Gasteiger partial charge in [-0.3, -0.25) is 4.79 Å². The van der Waals surface area contributed by atoms with Crippen molar-refractivity contribution in [3.05, 3.63) is 29.8 Å². The number of amides is 1. The SMILES string of the molecule is C#CC(CC)NC(=O)/C=C/c1ccc2c(c1)OCO2. The van der Waals surface area contributed by atoms with Crippen LogP contribution in [0, 0.1) is 12.3 Å². The number of carbonyl (C=O) groups is 1. The smallest absolute Gasteiger partial charge is 0.244 e.